The molecule has 0 aliphatic carbocycles. The minimum Gasteiger partial charge on any atom is -0.444 e. The van der Waals surface area contributed by atoms with Crippen LogP contribution in [-0.2, 0) is 19.0 Å². The lowest BCUT2D eigenvalue weighted by atomic mass is 9.71. The summed E-state index contributed by atoms with van der Waals surface area (Å²) >= 11 is 0. The molecule has 0 atom stereocenters. The quantitative estimate of drug-likeness (QED) is 0.361. The lowest BCUT2D eigenvalue weighted by Crippen LogP contribution is -2.49. The second-order valence-corrected chi connectivity index (χ2v) is 10.7. The molecule has 0 radical (unpaired) electrons. The maximum Gasteiger partial charge on any atom is 0.410 e. The molecule has 0 saturated carbocycles. The molecule has 0 bridgehead atoms. The Balaban J connectivity index is 1.15. The summed E-state index contributed by atoms with van der Waals surface area (Å²) in [6, 6.07) is 8.85. The predicted octanol–water partition coefficient (Wildman–Crippen LogP) is 3.49. The molecular weight excluding hydrogens is 462 g/mol. The predicted molar refractivity (Wildman–Crippen MR) is 137 cm³/mol. The monoisotopic (exact) mass is 505 g/mol. The van der Waals surface area contributed by atoms with Gasteiger partial charge < -0.3 is 28.8 Å². The maximum absolute atomic E-state index is 12.3. The number of rotatable bonds is 11. The molecule has 202 valence electrons. The van der Waals surface area contributed by atoms with Crippen molar-refractivity contribution in [3.05, 3.63) is 35.9 Å². The lowest BCUT2D eigenvalue weighted by molar-refractivity contribution is -0.00823. The summed E-state index contributed by atoms with van der Waals surface area (Å²) in [5.41, 5.74) is 3.05. The molecule has 1 amide bonds. The van der Waals surface area contributed by atoms with E-state index in [1.807, 2.05) is 31.7 Å². The number of nitrogens with one attached hydrogen (secondary N) is 1. The van der Waals surface area contributed by atoms with Crippen molar-refractivity contribution in [2.24, 2.45) is 5.41 Å². The first-order chi connectivity index (χ1) is 17.3. The third kappa shape index (κ3) is 9.69. The van der Waals surface area contributed by atoms with Crippen LogP contribution in [0.25, 0.3) is 0 Å². The van der Waals surface area contributed by atoms with E-state index in [0.29, 0.717) is 44.0 Å². The van der Waals surface area contributed by atoms with Crippen LogP contribution in [0.5, 0.6) is 0 Å². The van der Waals surface area contributed by atoms with E-state index < -0.39 is 11.6 Å². The number of hydrogen-bond donors (Lipinski definition) is 1. The van der Waals surface area contributed by atoms with Crippen molar-refractivity contribution < 1.29 is 28.6 Å². The Morgan fingerprint density at radius 2 is 1.50 bits per heavy atom. The van der Waals surface area contributed by atoms with Gasteiger partial charge in [-0.25, -0.2) is 9.59 Å². The molecule has 2 aliphatic heterocycles. The molecule has 0 unspecified atom stereocenters. The number of benzene rings is 1. The van der Waals surface area contributed by atoms with Gasteiger partial charge >= 0.3 is 12.1 Å². The number of carbonyl (C=O) groups excluding carboxylic acids is 2. The molecule has 2 saturated heterocycles. The first kappa shape index (κ1) is 28.4. The Bertz CT molecular complexity index is 795. The molecule has 9 nitrogen and oxygen atoms in total. The van der Waals surface area contributed by atoms with Gasteiger partial charge in [0.2, 0.25) is 0 Å². The zero-order valence-electron chi connectivity index (χ0n) is 22.1. The van der Waals surface area contributed by atoms with E-state index in [4.69, 9.17) is 19.0 Å². The van der Waals surface area contributed by atoms with E-state index in [2.05, 4.69) is 10.4 Å². The molecular formula is C27H43N3O6. The van der Waals surface area contributed by atoms with Gasteiger partial charge in [-0.1, -0.05) is 18.2 Å². The van der Waals surface area contributed by atoms with E-state index >= 15 is 0 Å². The highest BCUT2D eigenvalue weighted by Gasteiger charge is 2.39. The van der Waals surface area contributed by atoms with Gasteiger partial charge in [-0.3, -0.25) is 0 Å². The average molecular weight is 506 g/mol. The summed E-state index contributed by atoms with van der Waals surface area (Å²) in [5.74, 6) is -0.408. The Labute approximate surface area is 215 Å². The standard InChI is InChI=1S/C27H43N3O6/c1-26(2,3)35-25(32)30-16-11-27(12-17-30)9-14-29(15-10-27)18-20-34-22-21-33-19-13-28-36-24(31)23-7-5-4-6-8-23/h4-8,28H,9-22H2,1-3H3. The SMILES string of the molecule is CC(C)(C)OC(=O)N1CCC2(CCN(CCOCCOCCNOC(=O)c3ccccc3)CC2)CC1. The summed E-state index contributed by atoms with van der Waals surface area (Å²) < 4.78 is 16.8. The van der Waals surface area contributed by atoms with E-state index in [9.17, 15) is 9.59 Å². The molecule has 9 heteroatoms. The summed E-state index contributed by atoms with van der Waals surface area (Å²) in [4.78, 5) is 33.4. The zero-order chi connectivity index (χ0) is 25.9. The van der Waals surface area contributed by atoms with Gasteiger partial charge in [0, 0.05) is 19.6 Å². The minimum atomic E-state index is -0.442. The third-order valence-corrected chi connectivity index (χ3v) is 6.84. The van der Waals surface area contributed by atoms with Crippen molar-refractivity contribution in [3.8, 4) is 0 Å². The Morgan fingerprint density at radius 1 is 0.889 bits per heavy atom. The number of nitrogens with zero attached hydrogens (tertiary/aromatic N) is 2. The molecule has 1 spiro atoms. The molecule has 2 aliphatic rings. The second-order valence-electron chi connectivity index (χ2n) is 10.7. The first-order valence-electron chi connectivity index (χ1n) is 13.1. The summed E-state index contributed by atoms with van der Waals surface area (Å²) in [6.45, 7) is 13.0. The molecule has 0 aromatic heterocycles. The number of ether oxygens (including phenoxy) is 3. The Kier molecular flexibility index (Phi) is 11.0. The molecule has 36 heavy (non-hydrogen) atoms. The van der Waals surface area contributed by atoms with Crippen LogP contribution in [0.4, 0.5) is 4.79 Å². The van der Waals surface area contributed by atoms with Gasteiger partial charge in [0.25, 0.3) is 0 Å². The second kappa shape index (κ2) is 13.9. The normalized spacial score (nSPS) is 18.2. The van der Waals surface area contributed by atoms with Crippen LogP contribution < -0.4 is 5.48 Å². The van der Waals surface area contributed by atoms with E-state index in [1.54, 1.807) is 24.3 Å². The van der Waals surface area contributed by atoms with Crippen LogP contribution in [0.2, 0.25) is 0 Å². The fourth-order valence-corrected chi connectivity index (χ4v) is 4.62. The van der Waals surface area contributed by atoms with Crippen LogP contribution in [0.1, 0.15) is 56.8 Å². The number of carbonyl (C=O) groups is 2. The minimum absolute atomic E-state index is 0.182. The largest absolute Gasteiger partial charge is 0.444 e. The molecule has 2 fully saturated rings. The van der Waals surface area contributed by atoms with Crippen molar-refractivity contribution in [1.29, 1.82) is 0 Å². The number of hydrogen-bond acceptors (Lipinski definition) is 8. The van der Waals surface area contributed by atoms with Gasteiger partial charge in [0.05, 0.1) is 38.5 Å². The van der Waals surface area contributed by atoms with Crippen molar-refractivity contribution in [3.63, 3.8) is 0 Å². The first-order valence-corrected chi connectivity index (χ1v) is 13.1. The number of amides is 1. The van der Waals surface area contributed by atoms with E-state index in [-0.39, 0.29) is 6.09 Å². The summed E-state index contributed by atoms with van der Waals surface area (Å²) in [5, 5.41) is 0. The van der Waals surface area contributed by atoms with Crippen molar-refractivity contribution in [1.82, 2.24) is 15.3 Å². The number of likely N-dealkylation sites (tertiary alicyclic amines) is 2. The molecule has 1 aromatic rings. The fraction of sp³-hybridized carbons (Fsp3) is 0.704. The van der Waals surface area contributed by atoms with E-state index in [0.717, 1.165) is 45.6 Å². The topological polar surface area (TPSA) is 89.6 Å². The highest BCUT2D eigenvalue weighted by molar-refractivity contribution is 5.89. The average Bonchev–Trinajstić information content (AvgIpc) is 2.86. The highest BCUT2D eigenvalue weighted by atomic mass is 16.7. The van der Waals surface area contributed by atoms with Crippen LogP contribution in [-0.4, -0.2) is 93.2 Å². The van der Waals surface area contributed by atoms with Crippen LogP contribution in [0.3, 0.4) is 0 Å². The van der Waals surface area contributed by atoms with Crippen LogP contribution in [0, 0.1) is 5.41 Å². The molecule has 3 rings (SSSR count). The van der Waals surface area contributed by atoms with Crippen molar-refractivity contribution >= 4 is 12.1 Å². The highest BCUT2D eigenvalue weighted by Crippen LogP contribution is 2.41. The third-order valence-electron chi connectivity index (χ3n) is 6.84. The van der Waals surface area contributed by atoms with Gasteiger partial charge in [0.1, 0.15) is 5.60 Å². The van der Waals surface area contributed by atoms with E-state index in [1.165, 1.54) is 12.8 Å². The number of hydroxylamine groups is 1. The van der Waals surface area contributed by atoms with Crippen LogP contribution >= 0.6 is 0 Å². The number of piperidine rings is 2. The zero-order valence-corrected chi connectivity index (χ0v) is 22.1. The summed E-state index contributed by atoms with van der Waals surface area (Å²) in [6.07, 6.45) is 4.31. The smallest absolute Gasteiger partial charge is 0.410 e. The van der Waals surface area contributed by atoms with Crippen LogP contribution in [0.15, 0.2) is 30.3 Å². The van der Waals surface area contributed by atoms with Gasteiger partial charge in [-0.15, -0.1) is 0 Å². The lowest BCUT2D eigenvalue weighted by Gasteiger charge is -2.46. The maximum atomic E-state index is 12.3. The van der Waals surface area contributed by atoms with Crippen molar-refractivity contribution in [2.45, 2.75) is 52.1 Å². The Hall–Kier alpha value is -2.20. The molecule has 1 aromatic carbocycles. The molecule has 1 N–H and O–H groups in total. The summed E-state index contributed by atoms with van der Waals surface area (Å²) in [7, 11) is 0. The van der Waals surface area contributed by atoms with Gasteiger partial charge in [0.15, 0.2) is 0 Å². The van der Waals surface area contributed by atoms with Gasteiger partial charge in [-0.05, 0) is 77.1 Å². The van der Waals surface area contributed by atoms with Gasteiger partial charge in [-0.2, -0.15) is 5.48 Å². The Morgan fingerprint density at radius 3 is 2.14 bits per heavy atom. The molecule has 2 heterocycles. The fourth-order valence-electron chi connectivity index (χ4n) is 4.62. The van der Waals surface area contributed by atoms with Crippen molar-refractivity contribution in [2.75, 3.05) is 65.7 Å².